The van der Waals surface area contributed by atoms with Crippen LogP contribution in [0.15, 0.2) is 28.7 Å². The first-order valence-corrected chi connectivity index (χ1v) is 7.23. The van der Waals surface area contributed by atoms with E-state index in [1.54, 1.807) is 7.11 Å². The van der Waals surface area contributed by atoms with Crippen LogP contribution in [0.2, 0.25) is 0 Å². The number of hydrogen-bond donors (Lipinski definition) is 1. The topological polar surface area (TPSA) is 55.6 Å². The zero-order valence-electron chi connectivity index (χ0n) is 11.0. The Balaban J connectivity index is 2.31. The van der Waals surface area contributed by atoms with E-state index < -0.39 is 0 Å². The van der Waals surface area contributed by atoms with Crippen molar-refractivity contribution in [1.29, 1.82) is 0 Å². The Morgan fingerprint density at radius 2 is 2.21 bits per heavy atom. The van der Waals surface area contributed by atoms with Crippen LogP contribution < -0.4 is 5.73 Å². The van der Waals surface area contributed by atoms with E-state index in [-0.39, 0.29) is 18.0 Å². The SMILES string of the molecule is COCCN1C(=O)CCC(N)C1c1ccccc1Br. The zero-order valence-corrected chi connectivity index (χ0v) is 12.6. The van der Waals surface area contributed by atoms with Gasteiger partial charge in [0, 0.05) is 30.6 Å². The van der Waals surface area contributed by atoms with Gasteiger partial charge in [0.25, 0.3) is 0 Å². The molecule has 104 valence electrons. The molecule has 0 bridgehead atoms. The molecule has 0 aliphatic carbocycles. The van der Waals surface area contributed by atoms with E-state index in [1.807, 2.05) is 29.2 Å². The molecule has 1 aromatic carbocycles. The van der Waals surface area contributed by atoms with Gasteiger partial charge in [0.2, 0.25) is 5.91 Å². The summed E-state index contributed by atoms with van der Waals surface area (Å²) in [5.74, 6) is 0.152. The maximum Gasteiger partial charge on any atom is 0.223 e. The molecule has 2 N–H and O–H groups in total. The second kappa shape index (κ2) is 6.50. The monoisotopic (exact) mass is 326 g/mol. The van der Waals surface area contributed by atoms with Crippen molar-refractivity contribution in [1.82, 2.24) is 4.90 Å². The van der Waals surface area contributed by atoms with Crippen LogP contribution in [0.4, 0.5) is 0 Å². The number of nitrogens with two attached hydrogens (primary N) is 1. The lowest BCUT2D eigenvalue weighted by molar-refractivity contribution is -0.138. The normalized spacial score (nSPS) is 23.7. The van der Waals surface area contributed by atoms with Crippen LogP contribution in [-0.4, -0.2) is 37.1 Å². The Bertz CT molecular complexity index is 453. The van der Waals surface area contributed by atoms with Gasteiger partial charge in [-0.15, -0.1) is 0 Å². The van der Waals surface area contributed by atoms with Gasteiger partial charge in [-0.1, -0.05) is 34.1 Å². The molecule has 2 rings (SSSR count). The second-order valence-electron chi connectivity index (χ2n) is 4.75. The van der Waals surface area contributed by atoms with E-state index in [0.29, 0.717) is 19.6 Å². The summed E-state index contributed by atoms with van der Waals surface area (Å²) in [7, 11) is 1.64. The molecule has 2 atom stereocenters. The number of halogens is 1. The third-order valence-electron chi connectivity index (χ3n) is 3.51. The number of nitrogens with zero attached hydrogens (tertiary/aromatic N) is 1. The van der Waals surface area contributed by atoms with Crippen molar-refractivity contribution >= 4 is 21.8 Å². The molecule has 1 aliphatic heterocycles. The number of ether oxygens (including phenoxy) is 1. The Kier molecular flexibility index (Phi) is 4.96. The third kappa shape index (κ3) is 3.16. The maximum atomic E-state index is 12.1. The van der Waals surface area contributed by atoms with Crippen LogP contribution in [0.3, 0.4) is 0 Å². The van der Waals surface area contributed by atoms with Crippen LogP contribution in [0.25, 0.3) is 0 Å². The molecule has 1 fully saturated rings. The molecule has 1 aromatic rings. The lowest BCUT2D eigenvalue weighted by atomic mass is 9.90. The van der Waals surface area contributed by atoms with Crippen molar-refractivity contribution in [3.63, 3.8) is 0 Å². The van der Waals surface area contributed by atoms with E-state index in [2.05, 4.69) is 15.9 Å². The summed E-state index contributed by atoms with van der Waals surface area (Å²) in [4.78, 5) is 14.0. The molecule has 0 saturated carbocycles. The van der Waals surface area contributed by atoms with Gasteiger partial charge in [-0.3, -0.25) is 4.79 Å². The first-order valence-electron chi connectivity index (χ1n) is 6.43. The Labute approximate surface area is 122 Å². The number of carbonyl (C=O) groups is 1. The summed E-state index contributed by atoms with van der Waals surface area (Å²) < 4.78 is 6.09. The van der Waals surface area contributed by atoms with Crippen molar-refractivity contribution in [2.75, 3.05) is 20.3 Å². The fourth-order valence-corrected chi connectivity index (χ4v) is 3.06. The largest absolute Gasteiger partial charge is 0.383 e. The zero-order chi connectivity index (χ0) is 13.8. The number of likely N-dealkylation sites (tertiary alicyclic amines) is 1. The van der Waals surface area contributed by atoms with Gasteiger partial charge in [-0.2, -0.15) is 0 Å². The van der Waals surface area contributed by atoms with Crippen molar-refractivity contribution in [2.45, 2.75) is 24.9 Å². The Morgan fingerprint density at radius 3 is 2.89 bits per heavy atom. The number of piperidine rings is 1. The maximum absolute atomic E-state index is 12.1. The minimum absolute atomic E-state index is 0.0340. The number of rotatable bonds is 4. The van der Waals surface area contributed by atoms with Gasteiger partial charge < -0.3 is 15.4 Å². The van der Waals surface area contributed by atoms with E-state index >= 15 is 0 Å². The minimum Gasteiger partial charge on any atom is -0.383 e. The summed E-state index contributed by atoms with van der Waals surface area (Å²) in [5.41, 5.74) is 7.32. The van der Waals surface area contributed by atoms with Crippen molar-refractivity contribution in [2.24, 2.45) is 5.73 Å². The predicted octanol–water partition coefficient (Wildman–Crippen LogP) is 2.09. The van der Waals surface area contributed by atoms with Crippen LogP contribution in [-0.2, 0) is 9.53 Å². The standard InChI is InChI=1S/C14H19BrN2O2/c1-19-9-8-17-13(18)7-6-12(16)14(17)10-4-2-3-5-11(10)15/h2-5,12,14H,6-9,16H2,1H3. The highest BCUT2D eigenvalue weighted by atomic mass is 79.9. The quantitative estimate of drug-likeness (QED) is 0.921. The van der Waals surface area contributed by atoms with Crippen molar-refractivity contribution < 1.29 is 9.53 Å². The Hall–Kier alpha value is -0.910. The summed E-state index contributed by atoms with van der Waals surface area (Å²) >= 11 is 3.55. The molecular formula is C14H19BrN2O2. The highest BCUT2D eigenvalue weighted by Crippen LogP contribution is 2.34. The van der Waals surface area contributed by atoms with E-state index in [9.17, 15) is 4.79 Å². The van der Waals surface area contributed by atoms with Crippen LogP contribution >= 0.6 is 15.9 Å². The molecule has 2 unspecified atom stereocenters. The fourth-order valence-electron chi connectivity index (χ4n) is 2.54. The smallest absolute Gasteiger partial charge is 0.223 e. The molecular weight excluding hydrogens is 308 g/mol. The first-order chi connectivity index (χ1) is 9.15. The fraction of sp³-hybridized carbons (Fsp3) is 0.500. The molecule has 1 saturated heterocycles. The Morgan fingerprint density at radius 1 is 1.47 bits per heavy atom. The molecule has 0 radical (unpaired) electrons. The van der Waals surface area contributed by atoms with Gasteiger partial charge in [0.05, 0.1) is 12.6 Å². The molecule has 5 heteroatoms. The number of carbonyl (C=O) groups excluding carboxylic acids is 1. The van der Waals surface area contributed by atoms with Gasteiger partial charge >= 0.3 is 0 Å². The van der Waals surface area contributed by atoms with E-state index in [1.165, 1.54) is 0 Å². The summed E-state index contributed by atoms with van der Waals surface area (Å²) in [6.45, 7) is 1.11. The van der Waals surface area contributed by atoms with Crippen LogP contribution in [0.1, 0.15) is 24.4 Å². The van der Waals surface area contributed by atoms with Gasteiger partial charge in [0.15, 0.2) is 0 Å². The van der Waals surface area contributed by atoms with Crippen LogP contribution in [0.5, 0.6) is 0 Å². The van der Waals surface area contributed by atoms with Gasteiger partial charge in [-0.25, -0.2) is 0 Å². The summed E-state index contributed by atoms with van der Waals surface area (Å²) in [5, 5.41) is 0. The number of hydrogen-bond acceptors (Lipinski definition) is 3. The summed E-state index contributed by atoms with van der Waals surface area (Å²) in [6, 6.07) is 7.83. The second-order valence-corrected chi connectivity index (χ2v) is 5.60. The minimum atomic E-state index is -0.0769. The molecule has 1 heterocycles. The van der Waals surface area contributed by atoms with Gasteiger partial charge in [-0.05, 0) is 18.1 Å². The number of benzene rings is 1. The molecule has 0 spiro atoms. The van der Waals surface area contributed by atoms with Crippen molar-refractivity contribution in [3.05, 3.63) is 34.3 Å². The number of methoxy groups -OCH3 is 1. The van der Waals surface area contributed by atoms with E-state index in [0.717, 1.165) is 16.5 Å². The average molecular weight is 327 g/mol. The molecule has 1 aliphatic rings. The van der Waals surface area contributed by atoms with E-state index in [4.69, 9.17) is 10.5 Å². The van der Waals surface area contributed by atoms with Crippen LogP contribution in [0, 0.1) is 0 Å². The lowest BCUT2D eigenvalue weighted by Gasteiger charge is -2.40. The van der Waals surface area contributed by atoms with Crippen molar-refractivity contribution in [3.8, 4) is 0 Å². The van der Waals surface area contributed by atoms with Gasteiger partial charge in [0.1, 0.15) is 0 Å². The number of amides is 1. The molecule has 0 aromatic heterocycles. The molecule has 1 amide bonds. The average Bonchev–Trinajstić information content (AvgIpc) is 2.41. The highest BCUT2D eigenvalue weighted by Gasteiger charge is 2.35. The predicted molar refractivity (Wildman–Crippen MR) is 77.7 cm³/mol. The lowest BCUT2D eigenvalue weighted by Crippen LogP contribution is -2.49. The molecule has 19 heavy (non-hydrogen) atoms. The first kappa shape index (κ1) is 14.5. The highest BCUT2D eigenvalue weighted by molar-refractivity contribution is 9.10. The summed E-state index contributed by atoms with van der Waals surface area (Å²) in [6.07, 6.45) is 1.25. The third-order valence-corrected chi connectivity index (χ3v) is 4.24. The molecule has 4 nitrogen and oxygen atoms in total.